The molecule has 1 unspecified atom stereocenters. The number of urea groups is 1. The van der Waals surface area contributed by atoms with Gasteiger partial charge in [-0.3, -0.25) is 0 Å². The molecule has 0 rings (SSSR count). The number of rotatable bonds is 10. The summed E-state index contributed by atoms with van der Waals surface area (Å²) < 4.78 is 17.0. The van der Waals surface area contributed by atoms with Gasteiger partial charge in [-0.1, -0.05) is 0 Å². The lowest BCUT2D eigenvalue weighted by molar-refractivity contribution is 0.0701. The van der Waals surface area contributed by atoms with Crippen LogP contribution in [-0.2, 0) is 13.3 Å². The summed E-state index contributed by atoms with van der Waals surface area (Å²) in [6.45, 7) is 7.23. The Morgan fingerprint density at radius 2 is 1.61 bits per heavy atom. The minimum absolute atomic E-state index is 0.495. The van der Waals surface area contributed by atoms with Crippen molar-refractivity contribution in [3.8, 4) is 0 Å². The number of nitrogens with two attached hydrogens (primary N) is 2. The third-order valence-corrected chi connectivity index (χ3v) is 5.27. The highest BCUT2D eigenvalue weighted by molar-refractivity contribution is 6.60. The highest BCUT2D eigenvalue weighted by Gasteiger charge is 2.40. The molecule has 0 aliphatic rings. The van der Waals surface area contributed by atoms with Crippen LogP contribution in [0, 0.1) is 0 Å². The number of hydrogen-bond donors (Lipinski definition) is 3. The maximum Gasteiger partial charge on any atom is 0.501 e. The topological polar surface area (TPSA) is 109 Å². The highest BCUT2D eigenvalue weighted by Crippen LogP contribution is 2.18. The third kappa shape index (κ3) is 6.92. The molecule has 0 radical (unpaired) electrons. The molecule has 0 aromatic heterocycles. The van der Waals surface area contributed by atoms with E-state index in [0.29, 0.717) is 32.3 Å². The van der Waals surface area contributed by atoms with Gasteiger partial charge < -0.3 is 30.1 Å². The molecule has 1 atom stereocenters. The van der Waals surface area contributed by atoms with Crippen LogP contribution < -0.4 is 16.8 Å². The lowest BCUT2D eigenvalue weighted by Gasteiger charge is -2.29. The Hall–Kier alpha value is -0.673. The molecule has 2 amide bonds. The summed E-state index contributed by atoms with van der Waals surface area (Å²) in [4.78, 5) is 10.7. The summed E-state index contributed by atoms with van der Waals surface area (Å²) in [6.07, 6.45) is -0.0226. The molecule has 18 heavy (non-hydrogen) atoms. The van der Waals surface area contributed by atoms with Crippen molar-refractivity contribution in [2.45, 2.75) is 39.4 Å². The second kappa shape index (κ2) is 9.28. The standard InChI is InChI=1S/C10H25N3O4Si/c1-4-15-18(16-5-2,17-6-3)8-7-9(11)13-10(12)14/h9H,4-8,11H2,1-3H3,(H3,12,13,14). The van der Waals surface area contributed by atoms with Crippen LogP contribution in [0.15, 0.2) is 0 Å². The number of primary amides is 1. The number of amides is 2. The third-order valence-electron chi connectivity index (χ3n) is 2.18. The SMILES string of the molecule is CCO[Si](CCC(N)NC(N)=O)(OCC)OCC. The molecular weight excluding hydrogens is 254 g/mol. The molecule has 0 aromatic carbocycles. The van der Waals surface area contributed by atoms with Crippen molar-refractivity contribution in [2.24, 2.45) is 11.5 Å². The predicted molar refractivity (Wildman–Crippen MR) is 70.8 cm³/mol. The van der Waals surface area contributed by atoms with Crippen LogP contribution in [0.25, 0.3) is 0 Å². The smallest absolute Gasteiger partial charge is 0.374 e. The highest BCUT2D eigenvalue weighted by atomic mass is 28.4. The van der Waals surface area contributed by atoms with Crippen molar-refractivity contribution in [1.29, 1.82) is 0 Å². The lowest BCUT2D eigenvalue weighted by Crippen LogP contribution is -2.50. The average molecular weight is 279 g/mol. The summed E-state index contributed by atoms with van der Waals surface area (Å²) in [6, 6.07) is -0.0942. The number of hydrogen-bond acceptors (Lipinski definition) is 5. The summed E-state index contributed by atoms with van der Waals surface area (Å²) in [5.41, 5.74) is 10.7. The largest absolute Gasteiger partial charge is 0.501 e. The molecular formula is C10H25N3O4Si. The first-order valence-corrected chi connectivity index (χ1v) is 8.16. The maximum absolute atomic E-state index is 10.7. The van der Waals surface area contributed by atoms with E-state index in [2.05, 4.69) is 5.32 Å². The number of nitrogens with one attached hydrogen (secondary N) is 1. The van der Waals surface area contributed by atoms with E-state index in [-0.39, 0.29) is 0 Å². The zero-order valence-corrected chi connectivity index (χ0v) is 12.4. The van der Waals surface area contributed by atoms with Gasteiger partial charge in [0.05, 0.1) is 6.17 Å². The van der Waals surface area contributed by atoms with Crippen LogP contribution >= 0.6 is 0 Å². The van der Waals surface area contributed by atoms with E-state index < -0.39 is 21.0 Å². The Morgan fingerprint density at radius 3 is 1.94 bits per heavy atom. The van der Waals surface area contributed by atoms with Crippen molar-refractivity contribution in [3.05, 3.63) is 0 Å². The van der Waals surface area contributed by atoms with Gasteiger partial charge in [-0.25, -0.2) is 4.79 Å². The van der Waals surface area contributed by atoms with Gasteiger partial charge in [0.25, 0.3) is 0 Å². The van der Waals surface area contributed by atoms with Gasteiger partial charge in [-0.05, 0) is 27.2 Å². The van der Waals surface area contributed by atoms with Crippen molar-refractivity contribution in [2.75, 3.05) is 19.8 Å². The molecule has 0 aliphatic heterocycles. The second-order valence-corrected chi connectivity index (χ2v) is 6.37. The summed E-state index contributed by atoms with van der Waals surface area (Å²) in [5.74, 6) is 0. The van der Waals surface area contributed by atoms with Crippen LogP contribution in [0.3, 0.4) is 0 Å². The average Bonchev–Trinajstić information content (AvgIpc) is 2.27. The van der Waals surface area contributed by atoms with Gasteiger partial charge in [0.1, 0.15) is 0 Å². The second-order valence-electron chi connectivity index (χ2n) is 3.64. The van der Waals surface area contributed by atoms with E-state index in [0.717, 1.165) is 0 Å². The lowest BCUT2D eigenvalue weighted by atomic mass is 10.4. The molecule has 7 nitrogen and oxygen atoms in total. The van der Waals surface area contributed by atoms with E-state index in [1.165, 1.54) is 0 Å². The van der Waals surface area contributed by atoms with Crippen molar-refractivity contribution >= 4 is 14.8 Å². The van der Waals surface area contributed by atoms with Crippen molar-refractivity contribution < 1.29 is 18.1 Å². The van der Waals surface area contributed by atoms with E-state index in [4.69, 9.17) is 24.7 Å². The zero-order valence-electron chi connectivity index (χ0n) is 11.4. The molecule has 0 fully saturated rings. The van der Waals surface area contributed by atoms with Crippen LogP contribution in [0.4, 0.5) is 4.79 Å². The maximum atomic E-state index is 10.7. The van der Waals surface area contributed by atoms with E-state index >= 15 is 0 Å². The van der Waals surface area contributed by atoms with Gasteiger partial charge in [0, 0.05) is 25.9 Å². The first-order chi connectivity index (χ1) is 8.49. The van der Waals surface area contributed by atoms with E-state index in [9.17, 15) is 4.79 Å². The first kappa shape index (κ1) is 17.3. The minimum Gasteiger partial charge on any atom is -0.374 e. The van der Waals surface area contributed by atoms with Crippen molar-refractivity contribution in [1.82, 2.24) is 5.32 Å². The van der Waals surface area contributed by atoms with E-state index in [1.807, 2.05) is 20.8 Å². The number of carbonyl (C=O) groups is 1. The van der Waals surface area contributed by atoms with Crippen molar-refractivity contribution in [3.63, 3.8) is 0 Å². The fraction of sp³-hybridized carbons (Fsp3) is 0.900. The molecule has 0 heterocycles. The summed E-state index contributed by atoms with van der Waals surface area (Å²) in [5, 5.41) is 2.41. The molecule has 8 heteroatoms. The van der Waals surface area contributed by atoms with Gasteiger partial charge in [0.2, 0.25) is 0 Å². The monoisotopic (exact) mass is 279 g/mol. The Bertz CT molecular complexity index is 226. The Kier molecular flexibility index (Phi) is 8.94. The molecule has 0 aromatic rings. The molecule has 108 valence electrons. The molecule has 5 N–H and O–H groups in total. The predicted octanol–water partition coefficient (Wildman–Crippen LogP) is 0.378. The normalized spacial score (nSPS) is 13.3. The molecule has 0 bridgehead atoms. The van der Waals surface area contributed by atoms with E-state index in [1.54, 1.807) is 0 Å². The zero-order chi connectivity index (χ0) is 14.0. The molecule has 0 aliphatic carbocycles. The Labute approximate surface area is 110 Å². The van der Waals surface area contributed by atoms with Crippen LogP contribution in [0.5, 0.6) is 0 Å². The summed E-state index contributed by atoms with van der Waals surface area (Å²) in [7, 11) is -2.68. The number of carbonyl (C=O) groups excluding carboxylic acids is 1. The van der Waals surface area contributed by atoms with Gasteiger partial charge >= 0.3 is 14.8 Å². The molecule has 0 spiro atoms. The quantitative estimate of drug-likeness (QED) is 0.395. The van der Waals surface area contributed by atoms with Crippen LogP contribution in [-0.4, -0.2) is 40.8 Å². The van der Waals surface area contributed by atoms with Gasteiger partial charge in [-0.15, -0.1) is 0 Å². The fourth-order valence-electron chi connectivity index (χ4n) is 1.59. The van der Waals surface area contributed by atoms with Crippen LogP contribution in [0.2, 0.25) is 6.04 Å². The Morgan fingerprint density at radius 1 is 1.17 bits per heavy atom. The molecule has 0 saturated carbocycles. The van der Waals surface area contributed by atoms with Gasteiger partial charge in [-0.2, -0.15) is 0 Å². The van der Waals surface area contributed by atoms with Gasteiger partial charge in [0.15, 0.2) is 0 Å². The molecule has 0 saturated heterocycles. The fourth-order valence-corrected chi connectivity index (χ4v) is 4.26. The first-order valence-electron chi connectivity index (χ1n) is 6.23. The Balaban J connectivity index is 4.40. The van der Waals surface area contributed by atoms with Crippen LogP contribution in [0.1, 0.15) is 27.2 Å². The summed E-state index contributed by atoms with van der Waals surface area (Å²) >= 11 is 0. The minimum atomic E-state index is -2.68.